The third kappa shape index (κ3) is 3.25. The summed E-state index contributed by atoms with van der Waals surface area (Å²) in [5, 5.41) is 11.3. The van der Waals surface area contributed by atoms with Crippen LogP contribution in [0.15, 0.2) is 46.2 Å². The third-order valence-electron chi connectivity index (χ3n) is 2.73. The van der Waals surface area contributed by atoms with Crippen LogP contribution in [0, 0.1) is 0 Å². The largest absolute Gasteiger partial charge is 0.549 e. The SMILES string of the molecule is O=C([O-])CSc1ncnc2cc(-c3ccc(Br)cc3)sc12. The van der Waals surface area contributed by atoms with E-state index in [0.717, 1.165) is 36.9 Å². The molecule has 0 spiro atoms. The van der Waals surface area contributed by atoms with Gasteiger partial charge in [0.05, 0.1) is 16.2 Å². The molecule has 106 valence electrons. The molecule has 2 heterocycles. The Hall–Kier alpha value is -1.44. The second kappa shape index (κ2) is 6.13. The van der Waals surface area contributed by atoms with Gasteiger partial charge in [-0.2, -0.15) is 0 Å². The number of aromatic nitrogens is 2. The van der Waals surface area contributed by atoms with Crippen molar-refractivity contribution in [2.45, 2.75) is 5.03 Å². The smallest absolute Gasteiger partial charge is 0.118 e. The number of nitrogens with zero attached hydrogens (tertiary/aromatic N) is 2. The molecule has 7 heteroatoms. The molecule has 1 aromatic carbocycles. The zero-order valence-electron chi connectivity index (χ0n) is 10.6. The molecule has 0 aliphatic heterocycles. The van der Waals surface area contributed by atoms with Crippen LogP contribution in [-0.2, 0) is 4.79 Å². The number of carbonyl (C=O) groups is 1. The third-order valence-corrected chi connectivity index (χ3v) is 5.53. The highest BCUT2D eigenvalue weighted by Crippen LogP contribution is 2.37. The summed E-state index contributed by atoms with van der Waals surface area (Å²) >= 11 is 6.13. The van der Waals surface area contributed by atoms with Gasteiger partial charge < -0.3 is 9.90 Å². The molecule has 0 unspecified atom stereocenters. The summed E-state index contributed by atoms with van der Waals surface area (Å²) in [6, 6.07) is 10.0. The Morgan fingerprint density at radius 2 is 2.05 bits per heavy atom. The van der Waals surface area contributed by atoms with Crippen LogP contribution in [0.4, 0.5) is 0 Å². The van der Waals surface area contributed by atoms with E-state index in [1.165, 1.54) is 6.33 Å². The number of fused-ring (bicyclic) bond motifs is 1. The van der Waals surface area contributed by atoms with Crippen molar-refractivity contribution in [2.24, 2.45) is 0 Å². The number of thioether (sulfide) groups is 1. The van der Waals surface area contributed by atoms with E-state index >= 15 is 0 Å². The van der Waals surface area contributed by atoms with Gasteiger partial charge in [0.2, 0.25) is 0 Å². The minimum Gasteiger partial charge on any atom is -0.549 e. The first-order chi connectivity index (χ1) is 10.1. The van der Waals surface area contributed by atoms with E-state index < -0.39 is 5.97 Å². The molecule has 2 aromatic heterocycles. The number of benzene rings is 1. The van der Waals surface area contributed by atoms with Crippen LogP contribution in [0.1, 0.15) is 0 Å². The van der Waals surface area contributed by atoms with Gasteiger partial charge in [0.1, 0.15) is 11.4 Å². The van der Waals surface area contributed by atoms with E-state index in [9.17, 15) is 9.90 Å². The number of carboxylic acids is 1. The van der Waals surface area contributed by atoms with Crippen molar-refractivity contribution < 1.29 is 9.90 Å². The molecular weight excluding hydrogens is 372 g/mol. The Labute approximate surface area is 137 Å². The zero-order chi connectivity index (χ0) is 14.8. The molecular formula is C14H8BrN2O2S2-. The fraction of sp³-hybridized carbons (Fsp3) is 0.0714. The average Bonchev–Trinajstić information content (AvgIpc) is 2.90. The van der Waals surface area contributed by atoms with Gasteiger partial charge in [-0.3, -0.25) is 0 Å². The molecule has 0 fully saturated rings. The summed E-state index contributed by atoms with van der Waals surface area (Å²) in [6.45, 7) is 0. The van der Waals surface area contributed by atoms with Gasteiger partial charge >= 0.3 is 0 Å². The molecule has 4 nitrogen and oxygen atoms in total. The van der Waals surface area contributed by atoms with E-state index in [1.807, 2.05) is 30.3 Å². The minimum atomic E-state index is -1.10. The van der Waals surface area contributed by atoms with Crippen molar-refractivity contribution in [2.75, 3.05) is 5.75 Å². The maximum Gasteiger partial charge on any atom is 0.118 e. The van der Waals surface area contributed by atoms with Gasteiger partial charge in [0, 0.05) is 15.1 Å². The first-order valence-electron chi connectivity index (χ1n) is 5.96. The molecule has 0 radical (unpaired) electrons. The van der Waals surface area contributed by atoms with Crippen molar-refractivity contribution in [3.63, 3.8) is 0 Å². The van der Waals surface area contributed by atoms with Crippen molar-refractivity contribution >= 4 is 55.2 Å². The van der Waals surface area contributed by atoms with Gasteiger partial charge in [0.25, 0.3) is 0 Å². The highest BCUT2D eigenvalue weighted by Gasteiger charge is 2.10. The standard InChI is InChI=1S/C14H9BrN2O2S2/c15-9-3-1-8(2-4-9)11-5-10-13(21-11)14(17-7-16-10)20-6-12(18)19/h1-5,7H,6H2,(H,18,19)/p-1. The normalized spacial score (nSPS) is 10.9. The van der Waals surface area contributed by atoms with E-state index in [0.29, 0.717) is 5.03 Å². The average molecular weight is 380 g/mol. The highest BCUT2D eigenvalue weighted by atomic mass is 79.9. The summed E-state index contributed by atoms with van der Waals surface area (Å²) in [6.07, 6.45) is 1.46. The molecule has 0 N–H and O–H groups in total. The van der Waals surface area contributed by atoms with Crippen molar-refractivity contribution in [3.8, 4) is 10.4 Å². The Balaban J connectivity index is 2.01. The lowest BCUT2D eigenvalue weighted by atomic mass is 10.2. The van der Waals surface area contributed by atoms with Crippen LogP contribution >= 0.6 is 39.0 Å². The second-order valence-corrected chi connectivity index (χ2v) is 7.10. The quantitative estimate of drug-likeness (QED) is 0.514. The molecule has 21 heavy (non-hydrogen) atoms. The van der Waals surface area contributed by atoms with Crippen LogP contribution in [0.2, 0.25) is 0 Å². The summed E-state index contributed by atoms with van der Waals surface area (Å²) in [7, 11) is 0. The molecule has 0 aliphatic rings. The molecule has 0 bridgehead atoms. The topological polar surface area (TPSA) is 65.9 Å². The molecule has 0 aliphatic carbocycles. The summed E-state index contributed by atoms with van der Waals surface area (Å²) in [4.78, 5) is 20.1. The van der Waals surface area contributed by atoms with Crippen LogP contribution in [0.25, 0.3) is 20.7 Å². The fourth-order valence-corrected chi connectivity index (χ4v) is 4.00. The maximum absolute atomic E-state index is 10.6. The number of carboxylic acid groups (broad SMARTS) is 1. The predicted octanol–water partition coefficient (Wildman–Crippen LogP) is 2.96. The van der Waals surface area contributed by atoms with Crippen LogP contribution in [0.3, 0.4) is 0 Å². The van der Waals surface area contributed by atoms with Crippen LogP contribution in [-0.4, -0.2) is 21.7 Å². The molecule has 3 aromatic rings. The number of halogens is 1. The highest BCUT2D eigenvalue weighted by molar-refractivity contribution is 9.10. The number of hydrogen-bond donors (Lipinski definition) is 0. The molecule has 3 rings (SSSR count). The van der Waals surface area contributed by atoms with E-state index in [1.54, 1.807) is 11.3 Å². The first-order valence-corrected chi connectivity index (χ1v) is 8.56. The molecule has 0 atom stereocenters. The van der Waals surface area contributed by atoms with Crippen molar-refractivity contribution in [3.05, 3.63) is 41.1 Å². The monoisotopic (exact) mass is 379 g/mol. The van der Waals surface area contributed by atoms with Gasteiger partial charge in [-0.25, -0.2) is 9.97 Å². The number of thiophene rings is 1. The lowest BCUT2D eigenvalue weighted by Crippen LogP contribution is -2.24. The van der Waals surface area contributed by atoms with Crippen LogP contribution in [0.5, 0.6) is 0 Å². The maximum atomic E-state index is 10.6. The van der Waals surface area contributed by atoms with E-state index in [-0.39, 0.29) is 5.75 Å². The number of aliphatic carboxylic acids is 1. The van der Waals surface area contributed by atoms with Crippen LogP contribution < -0.4 is 5.11 Å². The Kier molecular flexibility index (Phi) is 4.23. The van der Waals surface area contributed by atoms with Gasteiger partial charge in [0.15, 0.2) is 0 Å². The Morgan fingerprint density at radius 1 is 1.29 bits per heavy atom. The molecule has 0 saturated heterocycles. The summed E-state index contributed by atoms with van der Waals surface area (Å²) in [5.41, 5.74) is 1.92. The predicted molar refractivity (Wildman–Crippen MR) is 86.3 cm³/mol. The fourth-order valence-electron chi connectivity index (χ4n) is 1.82. The molecule has 0 saturated carbocycles. The van der Waals surface area contributed by atoms with Gasteiger partial charge in [-0.1, -0.05) is 39.8 Å². The number of carbonyl (C=O) groups excluding carboxylic acids is 1. The number of rotatable bonds is 4. The lowest BCUT2D eigenvalue weighted by molar-refractivity contribution is -0.301. The summed E-state index contributed by atoms with van der Waals surface area (Å²) < 4.78 is 1.93. The number of hydrogen-bond acceptors (Lipinski definition) is 6. The van der Waals surface area contributed by atoms with E-state index in [2.05, 4.69) is 25.9 Å². The van der Waals surface area contributed by atoms with Crippen molar-refractivity contribution in [1.82, 2.24) is 9.97 Å². The van der Waals surface area contributed by atoms with Crippen molar-refractivity contribution in [1.29, 1.82) is 0 Å². The molecule has 0 amide bonds. The van der Waals surface area contributed by atoms with Gasteiger partial charge in [-0.15, -0.1) is 11.3 Å². The summed E-state index contributed by atoms with van der Waals surface area (Å²) in [5.74, 6) is -1.21. The Bertz CT molecular complexity index is 802. The lowest BCUT2D eigenvalue weighted by Gasteiger charge is -2.01. The first kappa shape index (κ1) is 14.5. The zero-order valence-corrected chi connectivity index (χ0v) is 13.8. The minimum absolute atomic E-state index is 0.113. The Morgan fingerprint density at radius 3 is 2.76 bits per heavy atom. The van der Waals surface area contributed by atoms with E-state index in [4.69, 9.17) is 0 Å². The van der Waals surface area contributed by atoms with Gasteiger partial charge in [-0.05, 0) is 23.8 Å². The second-order valence-electron chi connectivity index (χ2n) is 4.17.